The second-order valence-corrected chi connectivity index (χ2v) is 10.5. The van der Waals surface area contributed by atoms with E-state index in [0.29, 0.717) is 45.3 Å². The number of carbonyl (C=O) groups is 2. The molecule has 0 atom stereocenters. The molecule has 10 nitrogen and oxygen atoms in total. The molecular formula is C26H32N4O6S2. The molecule has 3 aromatic rings. The van der Waals surface area contributed by atoms with Crippen molar-refractivity contribution in [2.45, 2.75) is 51.2 Å². The first-order valence-electron chi connectivity index (χ1n) is 12.4. The molecule has 0 fully saturated rings. The van der Waals surface area contributed by atoms with Crippen molar-refractivity contribution in [3.8, 4) is 28.6 Å². The number of anilines is 1. The molecule has 2 heterocycles. The van der Waals surface area contributed by atoms with E-state index in [9.17, 15) is 9.59 Å². The molecule has 0 aliphatic heterocycles. The highest BCUT2D eigenvalue weighted by atomic mass is 32.2. The average Bonchev–Trinajstić information content (AvgIpc) is 3.51. The van der Waals surface area contributed by atoms with Gasteiger partial charge in [0.2, 0.25) is 11.7 Å². The summed E-state index contributed by atoms with van der Waals surface area (Å²) >= 11 is 2.76. The number of ether oxygens (including phenoxy) is 4. The van der Waals surface area contributed by atoms with E-state index in [1.165, 1.54) is 23.1 Å². The Morgan fingerprint density at radius 3 is 2.39 bits per heavy atom. The highest BCUT2D eigenvalue weighted by Crippen LogP contribution is 2.41. The maximum Gasteiger partial charge on any atom is 0.341 e. The average molecular weight is 561 g/mol. The van der Waals surface area contributed by atoms with Crippen LogP contribution < -0.4 is 19.5 Å². The summed E-state index contributed by atoms with van der Waals surface area (Å²) in [5.41, 5.74) is 2.27. The number of nitrogens with zero attached hydrogens (tertiary/aromatic N) is 3. The van der Waals surface area contributed by atoms with Crippen molar-refractivity contribution in [1.82, 2.24) is 14.8 Å². The van der Waals surface area contributed by atoms with Gasteiger partial charge in [-0.15, -0.1) is 21.5 Å². The molecule has 0 spiro atoms. The third-order valence-electron chi connectivity index (χ3n) is 6.19. The topological polar surface area (TPSA) is 114 Å². The minimum atomic E-state index is -0.379. The zero-order chi connectivity index (χ0) is 27.2. The van der Waals surface area contributed by atoms with E-state index in [-0.39, 0.29) is 24.2 Å². The number of nitrogens with one attached hydrogen (secondary N) is 1. The van der Waals surface area contributed by atoms with Crippen LogP contribution in [0.4, 0.5) is 5.00 Å². The quantitative estimate of drug-likeness (QED) is 0.260. The highest BCUT2D eigenvalue weighted by molar-refractivity contribution is 7.99. The van der Waals surface area contributed by atoms with Crippen LogP contribution >= 0.6 is 23.1 Å². The van der Waals surface area contributed by atoms with Gasteiger partial charge in [0.25, 0.3) is 0 Å². The third kappa shape index (κ3) is 5.60. The second kappa shape index (κ2) is 12.5. The van der Waals surface area contributed by atoms with Gasteiger partial charge in [0.1, 0.15) is 5.00 Å². The van der Waals surface area contributed by atoms with Crippen molar-refractivity contribution in [3.63, 3.8) is 0 Å². The molecule has 0 unspecified atom stereocenters. The van der Waals surface area contributed by atoms with Crippen LogP contribution in [-0.4, -0.2) is 60.3 Å². The number of carbonyl (C=O) groups excluding carboxylic acids is 2. The van der Waals surface area contributed by atoms with Gasteiger partial charge in [0.05, 0.1) is 39.3 Å². The van der Waals surface area contributed by atoms with Crippen molar-refractivity contribution in [1.29, 1.82) is 0 Å². The van der Waals surface area contributed by atoms with Crippen molar-refractivity contribution in [3.05, 3.63) is 28.1 Å². The number of aryl methyl sites for hydroxylation is 1. The van der Waals surface area contributed by atoms with Gasteiger partial charge >= 0.3 is 5.97 Å². The Morgan fingerprint density at radius 1 is 1.05 bits per heavy atom. The first kappa shape index (κ1) is 27.8. The Labute approximate surface area is 230 Å². The lowest BCUT2D eigenvalue weighted by molar-refractivity contribution is -0.113. The molecule has 204 valence electrons. The Balaban J connectivity index is 1.53. The fraction of sp³-hybridized carbons (Fsp3) is 0.462. The number of benzene rings is 1. The number of rotatable bonds is 11. The zero-order valence-corrected chi connectivity index (χ0v) is 23.8. The molecule has 4 rings (SSSR count). The summed E-state index contributed by atoms with van der Waals surface area (Å²) in [5.74, 6) is 1.64. The number of thiophene rings is 1. The Morgan fingerprint density at radius 2 is 1.76 bits per heavy atom. The summed E-state index contributed by atoms with van der Waals surface area (Å²) in [4.78, 5) is 26.8. The van der Waals surface area contributed by atoms with Crippen molar-refractivity contribution >= 4 is 40.0 Å². The minimum absolute atomic E-state index is 0.109. The maximum absolute atomic E-state index is 13.0. The lowest BCUT2D eigenvalue weighted by atomic mass is 9.95. The lowest BCUT2D eigenvalue weighted by Crippen LogP contribution is -2.17. The normalized spacial score (nSPS) is 12.6. The maximum atomic E-state index is 13.0. The molecule has 2 aromatic heterocycles. The minimum Gasteiger partial charge on any atom is -0.493 e. The van der Waals surface area contributed by atoms with Crippen molar-refractivity contribution in [2.24, 2.45) is 0 Å². The van der Waals surface area contributed by atoms with E-state index in [1.54, 1.807) is 28.3 Å². The number of hydrogen-bond donors (Lipinski definition) is 1. The van der Waals surface area contributed by atoms with Gasteiger partial charge in [-0.2, -0.15) is 0 Å². The van der Waals surface area contributed by atoms with E-state index in [0.717, 1.165) is 41.7 Å². The summed E-state index contributed by atoms with van der Waals surface area (Å²) < 4.78 is 23.6. The standard InChI is InChI=1S/C26H32N4O6S2/c1-6-30-23(15-12-17(33-3)22(35-5)18(13-15)34-4)28-29-26(30)37-14-20(31)27-24-21(25(32)36-7-2)16-10-8-9-11-19(16)38-24/h12-13H,6-11,14H2,1-5H3,(H,27,31). The molecular weight excluding hydrogens is 528 g/mol. The molecule has 1 amide bonds. The fourth-order valence-corrected chi connectivity index (χ4v) is 6.57. The van der Waals surface area contributed by atoms with E-state index in [4.69, 9.17) is 18.9 Å². The van der Waals surface area contributed by atoms with E-state index in [2.05, 4.69) is 15.5 Å². The van der Waals surface area contributed by atoms with Gasteiger partial charge in [-0.05, 0) is 57.2 Å². The number of amides is 1. The van der Waals surface area contributed by atoms with E-state index in [1.807, 2.05) is 23.6 Å². The van der Waals surface area contributed by atoms with Crippen LogP contribution in [0.2, 0.25) is 0 Å². The summed E-state index contributed by atoms with van der Waals surface area (Å²) in [5, 5.41) is 12.8. The summed E-state index contributed by atoms with van der Waals surface area (Å²) in [6.07, 6.45) is 3.86. The fourth-order valence-electron chi connectivity index (χ4n) is 4.47. The van der Waals surface area contributed by atoms with Crippen LogP contribution in [0.5, 0.6) is 17.2 Å². The summed E-state index contributed by atoms with van der Waals surface area (Å²) in [6, 6.07) is 3.63. The molecule has 0 saturated carbocycles. The van der Waals surface area contributed by atoms with Gasteiger partial charge in [0.15, 0.2) is 22.5 Å². The number of hydrogen-bond acceptors (Lipinski definition) is 10. The predicted molar refractivity (Wildman–Crippen MR) is 147 cm³/mol. The first-order valence-corrected chi connectivity index (χ1v) is 14.2. The van der Waals surface area contributed by atoms with Crippen LogP contribution in [0, 0.1) is 0 Å². The van der Waals surface area contributed by atoms with Crippen molar-refractivity contribution in [2.75, 3.05) is 39.0 Å². The van der Waals surface area contributed by atoms with Crippen molar-refractivity contribution < 1.29 is 28.5 Å². The molecule has 1 aliphatic rings. The van der Waals surface area contributed by atoms with Crippen LogP contribution in [0.1, 0.15) is 47.5 Å². The Hall–Kier alpha value is -3.25. The molecule has 1 N–H and O–H groups in total. The largest absolute Gasteiger partial charge is 0.493 e. The molecule has 38 heavy (non-hydrogen) atoms. The predicted octanol–water partition coefficient (Wildman–Crippen LogP) is 4.84. The third-order valence-corrected chi connectivity index (χ3v) is 8.37. The van der Waals surface area contributed by atoms with E-state index >= 15 is 0 Å². The smallest absolute Gasteiger partial charge is 0.341 e. The molecule has 0 bridgehead atoms. The number of methoxy groups -OCH3 is 3. The van der Waals surface area contributed by atoms with Crippen LogP contribution in [0.25, 0.3) is 11.4 Å². The van der Waals surface area contributed by atoms with Crippen LogP contribution in [0.3, 0.4) is 0 Å². The van der Waals surface area contributed by atoms with Crippen LogP contribution in [0.15, 0.2) is 17.3 Å². The first-order chi connectivity index (χ1) is 18.4. The number of esters is 1. The van der Waals surface area contributed by atoms with Gasteiger partial charge in [0, 0.05) is 17.0 Å². The van der Waals surface area contributed by atoms with Crippen LogP contribution in [-0.2, 0) is 28.9 Å². The van der Waals surface area contributed by atoms with E-state index < -0.39 is 0 Å². The molecule has 12 heteroatoms. The summed E-state index contributed by atoms with van der Waals surface area (Å²) in [6.45, 7) is 4.64. The molecule has 0 radical (unpaired) electrons. The van der Waals surface area contributed by atoms with Gasteiger partial charge in [-0.25, -0.2) is 4.79 Å². The van der Waals surface area contributed by atoms with Gasteiger partial charge < -0.3 is 28.8 Å². The summed E-state index contributed by atoms with van der Waals surface area (Å²) in [7, 11) is 4.67. The Bertz CT molecular complexity index is 1290. The number of aromatic nitrogens is 3. The molecule has 1 aromatic carbocycles. The van der Waals surface area contributed by atoms with Gasteiger partial charge in [-0.1, -0.05) is 11.8 Å². The number of thioether (sulfide) groups is 1. The monoisotopic (exact) mass is 560 g/mol. The van der Waals surface area contributed by atoms with Gasteiger partial charge in [-0.3, -0.25) is 4.79 Å². The molecule has 1 aliphatic carbocycles. The highest BCUT2D eigenvalue weighted by Gasteiger charge is 2.27. The zero-order valence-electron chi connectivity index (χ0n) is 22.2. The Kier molecular flexibility index (Phi) is 9.16. The SMILES string of the molecule is CCOC(=O)c1c(NC(=O)CSc2nnc(-c3cc(OC)c(OC)c(OC)c3)n2CC)sc2c1CCCC2. The molecule has 0 saturated heterocycles. The lowest BCUT2D eigenvalue weighted by Gasteiger charge is -2.14. The second-order valence-electron chi connectivity index (χ2n) is 8.44. The number of fused-ring (bicyclic) bond motifs is 1.